The highest BCUT2D eigenvalue weighted by molar-refractivity contribution is 5.85. The van der Waals surface area contributed by atoms with Crippen LogP contribution in [0.5, 0.6) is 0 Å². The molecule has 0 spiro atoms. The second-order valence-electron chi connectivity index (χ2n) is 4.25. The predicted octanol–water partition coefficient (Wildman–Crippen LogP) is 1.76. The Hall–Kier alpha value is -0.870. The summed E-state index contributed by atoms with van der Waals surface area (Å²) in [6.07, 6.45) is 3.46. The van der Waals surface area contributed by atoms with Crippen molar-refractivity contribution >= 4 is 12.4 Å². The standard InChI is InChI=1S/C14H21NO2.ClH/c1-2-5-12-6-3-4-7-13(12)14(15,8-10-16)9-11-17;/h2-4,6-7,16-17H,1,5,8-11,15H2;1H. The summed E-state index contributed by atoms with van der Waals surface area (Å²) in [5, 5.41) is 18.3. The van der Waals surface area contributed by atoms with Crippen LogP contribution in [0.3, 0.4) is 0 Å². The normalized spacial score (nSPS) is 10.8. The van der Waals surface area contributed by atoms with E-state index in [-0.39, 0.29) is 25.6 Å². The predicted molar refractivity (Wildman–Crippen MR) is 76.9 cm³/mol. The number of halogens is 1. The number of allylic oxidation sites excluding steroid dienone is 1. The summed E-state index contributed by atoms with van der Waals surface area (Å²) in [4.78, 5) is 0. The Labute approximate surface area is 115 Å². The van der Waals surface area contributed by atoms with Crippen molar-refractivity contribution in [3.63, 3.8) is 0 Å². The summed E-state index contributed by atoms with van der Waals surface area (Å²) in [5.74, 6) is 0. The minimum absolute atomic E-state index is 0. The number of aliphatic hydroxyl groups is 2. The van der Waals surface area contributed by atoms with Crippen molar-refractivity contribution in [2.75, 3.05) is 13.2 Å². The monoisotopic (exact) mass is 271 g/mol. The molecule has 0 bridgehead atoms. The zero-order valence-electron chi connectivity index (χ0n) is 10.5. The molecule has 0 aromatic heterocycles. The molecule has 0 fully saturated rings. The molecule has 0 amide bonds. The summed E-state index contributed by atoms with van der Waals surface area (Å²) in [6, 6.07) is 7.86. The molecule has 4 N–H and O–H groups in total. The molecule has 0 aliphatic carbocycles. The smallest absolute Gasteiger partial charge is 0.0456 e. The molecule has 0 saturated carbocycles. The largest absolute Gasteiger partial charge is 0.396 e. The molecule has 1 aromatic carbocycles. The van der Waals surface area contributed by atoms with Crippen LogP contribution in [0.15, 0.2) is 36.9 Å². The minimum atomic E-state index is -0.664. The van der Waals surface area contributed by atoms with E-state index in [0.29, 0.717) is 12.8 Å². The second-order valence-corrected chi connectivity index (χ2v) is 4.25. The molecule has 0 aliphatic rings. The van der Waals surface area contributed by atoms with Crippen LogP contribution in [0.1, 0.15) is 24.0 Å². The van der Waals surface area contributed by atoms with E-state index >= 15 is 0 Å². The molecule has 0 atom stereocenters. The third-order valence-electron chi connectivity index (χ3n) is 3.03. The molecule has 18 heavy (non-hydrogen) atoms. The maximum Gasteiger partial charge on any atom is 0.0456 e. The van der Waals surface area contributed by atoms with Crippen molar-refractivity contribution in [2.24, 2.45) is 5.73 Å². The van der Waals surface area contributed by atoms with Gasteiger partial charge >= 0.3 is 0 Å². The van der Waals surface area contributed by atoms with Crippen molar-refractivity contribution in [2.45, 2.75) is 24.8 Å². The molecule has 0 heterocycles. The Morgan fingerprint density at radius 3 is 2.22 bits per heavy atom. The molecule has 102 valence electrons. The number of hydrogen-bond acceptors (Lipinski definition) is 3. The Bertz CT molecular complexity index is 363. The van der Waals surface area contributed by atoms with Gasteiger partial charge in [-0.15, -0.1) is 19.0 Å². The van der Waals surface area contributed by atoms with Crippen LogP contribution in [0, 0.1) is 0 Å². The van der Waals surface area contributed by atoms with Gasteiger partial charge < -0.3 is 15.9 Å². The lowest BCUT2D eigenvalue weighted by atomic mass is 9.81. The van der Waals surface area contributed by atoms with Gasteiger partial charge in [0.1, 0.15) is 0 Å². The zero-order chi connectivity index (χ0) is 12.7. The first-order valence-electron chi connectivity index (χ1n) is 5.88. The molecule has 0 unspecified atom stereocenters. The van der Waals surface area contributed by atoms with Gasteiger partial charge in [-0.3, -0.25) is 0 Å². The number of rotatable bonds is 7. The van der Waals surface area contributed by atoms with Gasteiger partial charge in [-0.2, -0.15) is 0 Å². The van der Waals surface area contributed by atoms with Crippen molar-refractivity contribution in [3.05, 3.63) is 48.0 Å². The molecule has 0 radical (unpaired) electrons. The molecule has 0 saturated heterocycles. The summed E-state index contributed by atoms with van der Waals surface area (Å²) in [6.45, 7) is 3.76. The molecule has 0 aliphatic heterocycles. The Morgan fingerprint density at radius 1 is 1.17 bits per heavy atom. The van der Waals surface area contributed by atoms with E-state index in [1.165, 1.54) is 0 Å². The zero-order valence-corrected chi connectivity index (χ0v) is 11.3. The van der Waals surface area contributed by atoms with Crippen LogP contribution in [-0.4, -0.2) is 23.4 Å². The van der Waals surface area contributed by atoms with Gasteiger partial charge in [0.05, 0.1) is 0 Å². The molecular formula is C14H22ClNO2. The van der Waals surface area contributed by atoms with Crippen molar-refractivity contribution in [1.82, 2.24) is 0 Å². The summed E-state index contributed by atoms with van der Waals surface area (Å²) < 4.78 is 0. The quantitative estimate of drug-likeness (QED) is 0.662. The van der Waals surface area contributed by atoms with E-state index < -0.39 is 5.54 Å². The fourth-order valence-electron chi connectivity index (χ4n) is 2.13. The summed E-state index contributed by atoms with van der Waals surface area (Å²) in [5.41, 5.74) is 7.75. The second kappa shape index (κ2) is 8.27. The number of aliphatic hydroxyl groups excluding tert-OH is 2. The fourth-order valence-corrected chi connectivity index (χ4v) is 2.13. The number of benzene rings is 1. The van der Waals surface area contributed by atoms with Crippen LogP contribution >= 0.6 is 12.4 Å². The van der Waals surface area contributed by atoms with Gasteiger partial charge in [0, 0.05) is 18.8 Å². The van der Waals surface area contributed by atoms with Gasteiger partial charge in [0.25, 0.3) is 0 Å². The van der Waals surface area contributed by atoms with Gasteiger partial charge in [0.2, 0.25) is 0 Å². The van der Waals surface area contributed by atoms with E-state index in [1.807, 2.05) is 30.3 Å². The third-order valence-corrected chi connectivity index (χ3v) is 3.03. The van der Waals surface area contributed by atoms with Gasteiger partial charge in [-0.1, -0.05) is 30.3 Å². The molecular weight excluding hydrogens is 250 g/mol. The number of nitrogens with two attached hydrogens (primary N) is 1. The van der Waals surface area contributed by atoms with Gasteiger partial charge in [-0.05, 0) is 30.4 Å². The molecule has 3 nitrogen and oxygen atoms in total. The lowest BCUT2D eigenvalue weighted by Crippen LogP contribution is -2.39. The molecule has 1 rings (SSSR count). The van der Waals surface area contributed by atoms with E-state index in [1.54, 1.807) is 0 Å². The maximum absolute atomic E-state index is 9.13. The van der Waals surface area contributed by atoms with Crippen LogP contribution in [-0.2, 0) is 12.0 Å². The van der Waals surface area contributed by atoms with Gasteiger partial charge in [0.15, 0.2) is 0 Å². The average molecular weight is 272 g/mol. The highest BCUT2D eigenvalue weighted by Gasteiger charge is 2.28. The highest BCUT2D eigenvalue weighted by atomic mass is 35.5. The van der Waals surface area contributed by atoms with Crippen LogP contribution in [0.25, 0.3) is 0 Å². The van der Waals surface area contributed by atoms with Crippen LogP contribution in [0.2, 0.25) is 0 Å². The fraction of sp³-hybridized carbons (Fsp3) is 0.429. The minimum Gasteiger partial charge on any atom is -0.396 e. The Balaban J connectivity index is 0.00000289. The molecule has 1 aromatic rings. The van der Waals surface area contributed by atoms with Crippen molar-refractivity contribution in [1.29, 1.82) is 0 Å². The molecule has 4 heteroatoms. The third kappa shape index (κ3) is 4.10. The van der Waals surface area contributed by atoms with Gasteiger partial charge in [-0.25, -0.2) is 0 Å². The average Bonchev–Trinajstić information content (AvgIpc) is 2.31. The lowest BCUT2D eigenvalue weighted by Gasteiger charge is -2.31. The van der Waals surface area contributed by atoms with Crippen LogP contribution in [0.4, 0.5) is 0 Å². The lowest BCUT2D eigenvalue weighted by molar-refractivity contribution is 0.193. The first-order chi connectivity index (χ1) is 8.18. The summed E-state index contributed by atoms with van der Waals surface area (Å²) in [7, 11) is 0. The topological polar surface area (TPSA) is 66.5 Å². The SMILES string of the molecule is C=CCc1ccccc1C(N)(CCO)CCO.Cl. The van der Waals surface area contributed by atoms with E-state index in [4.69, 9.17) is 15.9 Å². The van der Waals surface area contributed by atoms with Crippen molar-refractivity contribution < 1.29 is 10.2 Å². The summed E-state index contributed by atoms with van der Waals surface area (Å²) >= 11 is 0. The van der Waals surface area contributed by atoms with Crippen LogP contribution < -0.4 is 5.73 Å². The first-order valence-corrected chi connectivity index (χ1v) is 5.88. The maximum atomic E-state index is 9.13. The van der Waals surface area contributed by atoms with E-state index in [2.05, 4.69) is 6.58 Å². The van der Waals surface area contributed by atoms with E-state index in [9.17, 15) is 0 Å². The van der Waals surface area contributed by atoms with E-state index in [0.717, 1.165) is 17.5 Å². The number of hydrogen-bond donors (Lipinski definition) is 3. The Kier molecular flexibility index (Phi) is 7.87. The van der Waals surface area contributed by atoms with Crippen molar-refractivity contribution in [3.8, 4) is 0 Å². The highest BCUT2D eigenvalue weighted by Crippen LogP contribution is 2.29. The first kappa shape index (κ1) is 17.1. The Morgan fingerprint density at radius 2 is 1.72 bits per heavy atom.